The van der Waals surface area contributed by atoms with Crippen LogP contribution in [0, 0.1) is 17.0 Å². The van der Waals surface area contributed by atoms with Crippen LogP contribution in [0.4, 0.5) is 13.6 Å². The molecular formula is C34H46F2N4O4. The van der Waals surface area contributed by atoms with Crippen LogP contribution >= 0.6 is 0 Å². The van der Waals surface area contributed by atoms with Crippen LogP contribution in [-0.2, 0) is 20.7 Å². The highest BCUT2D eigenvalue weighted by Gasteiger charge is 2.33. The van der Waals surface area contributed by atoms with E-state index in [0.29, 0.717) is 18.7 Å². The molecule has 240 valence electrons. The van der Waals surface area contributed by atoms with Crippen molar-refractivity contribution in [1.29, 1.82) is 0 Å². The van der Waals surface area contributed by atoms with Gasteiger partial charge < -0.3 is 20.1 Å². The van der Waals surface area contributed by atoms with Crippen LogP contribution < -0.4 is 10.6 Å². The van der Waals surface area contributed by atoms with E-state index < -0.39 is 40.9 Å². The quantitative estimate of drug-likeness (QED) is 0.239. The number of hydrogen-bond donors (Lipinski definition) is 2. The van der Waals surface area contributed by atoms with Gasteiger partial charge in [0, 0.05) is 18.7 Å². The monoisotopic (exact) mass is 612 g/mol. The summed E-state index contributed by atoms with van der Waals surface area (Å²) in [5.74, 6) is -1.74. The number of rotatable bonds is 10. The number of esters is 1. The zero-order valence-corrected chi connectivity index (χ0v) is 27.3. The molecule has 2 N–H and O–H groups in total. The number of carbonyl (C=O) groups is 2. The molecule has 0 aliphatic heterocycles. The minimum atomic E-state index is -0.972. The van der Waals surface area contributed by atoms with E-state index in [1.54, 1.807) is 47.7 Å². The Bertz CT molecular complexity index is 1420. The Morgan fingerprint density at radius 3 is 2.14 bits per heavy atom. The Morgan fingerprint density at radius 1 is 0.909 bits per heavy atom. The molecule has 2 atom stereocenters. The Hall–Kier alpha value is -3.79. The fourth-order valence-corrected chi connectivity index (χ4v) is 4.66. The first-order valence-corrected chi connectivity index (χ1v) is 14.9. The number of halogens is 2. The molecule has 3 rings (SSSR count). The number of nitrogens with one attached hydrogen (secondary N) is 2. The van der Waals surface area contributed by atoms with Gasteiger partial charge in [-0.1, -0.05) is 51.1 Å². The highest BCUT2D eigenvalue weighted by atomic mass is 19.1. The second kappa shape index (κ2) is 13.9. The smallest absolute Gasteiger partial charge is 0.408 e. The largest absolute Gasteiger partial charge is 0.458 e. The highest BCUT2D eigenvalue weighted by molar-refractivity contribution is 5.81. The van der Waals surface area contributed by atoms with Crippen molar-refractivity contribution in [1.82, 2.24) is 20.4 Å². The van der Waals surface area contributed by atoms with Crippen molar-refractivity contribution < 1.29 is 27.8 Å². The summed E-state index contributed by atoms with van der Waals surface area (Å²) < 4.78 is 41.3. The Balaban J connectivity index is 1.94. The second-order valence-electron chi connectivity index (χ2n) is 14.0. The van der Waals surface area contributed by atoms with Crippen molar-refractivity contribution in [3.63, 3.8) is 0 Å². The van der Waals surface area contributed by atoms with Crippen molar-refractivity contribution in [2.75, 3.05) is 6.54 Å². The zero-order chi connectivity index (χ0) is 32.9. The van der Waals surface area contributed by atoms with E-state index in [1.807, 2.05) is 51.1 Å². The molecule has 8 nitrogen and oxygen atoms in total. The molecule has 2 unspecified atom stereocenters. The van der Waals surface area contributed by atoms with Gasteiger partial charge in [-0.05, 0) is 83.2 Å². The molecule has 10 heteroatoms. The summed E-state index contributed by atoms with van der Waals surface area (Å²) >= 11 is 0. The lowest BCUT2D eigenvalue weighted by Crippen LogP contribution is -2.47. The van der Waals surface area contributed by atoms with Crippen molar-refractivity contribution in [2.24, 2.45) is 5.41 Å². The summed E-state index contributed by atoms with van der Waals surface area (Å²) in [6.45, 7) is 16.9. The van der Waals surface area contributed by atoms with E-state index >= 15 is 0 Å². The summed E-state index contributed by atoms with van der Waals surface area (Å²) in [6, 6.07) is 11.7. The van der Waals surface area contributed by atoms with E-state index in [1.165, 1.54) is 4.68 Å². The molecule has 0 saturated carbocycles. The third-order valence-corrected chi connectivity index (χ3v) is 6.52. The minimum Gasteiger partial charge on any atom is -0.458 e. The maximum Gasteiger partial charge on any atom is 0.408 e. The average Bonchev–Trinajstić information content (AvgIpc) is 3.27. The molecule has 2 aromatic carbocycles. The molecular weight excluding hydrogens is 566 g/mol. The lowest BCUT2D eigenvalue weighted by atomic mass is 9.83. The number of carbonyl (C=O) groups excluding carboxylic acids is 2. The second-order valence-corrected chi connectivity index (χ2v) is 14.0. The summed E-state index contributed by atoms with van der Waals surface area (Å²) in [4.78, 5) is 25.7. The molecule has 0 bridgehead atoms. The van der Waals surface area contributed by atoms with Gasteiger partial charge in [0.2, 0.25) is 0 Å². The Morgan fingerprint density at radius 2 is 1.55 bits per heavy atom. The van der Waals surface area contributed by atoms with Crippen LogP contribution in [0.1, 0.15) is 91.6 Å². The topological polar surface area (TPSA) is 94.5 Å². The zero-order valence-electron chi connectivity index (χ0n) is 27.3. The van der Waals surface area contributed by atoms with Crippen LogP contribution in [0.2, 0.25) is 0 Å². The number of alkyl carbamates (subject to hydrolysis) is 1. The van der Waals surface area contributed by atoms with Gasteiger partial charge in [-0.3, -0.25) is 0 Å². The lowest BCUT2D eigenvalue weighted by molar-refractivity contribution is -0.157. The Labute approximate surface area is 259 Å². The predicted molar refractivity (Wildman–Crippen MR) is 167 cm³/mol. The number of ether oxygens (including phenoxy) is 2. The molecule has 0 spiro atoms. The van der Waals surface area contributed by atoms with Crippen molar-refractivity contribution in [2.45, 2.75) is 98.4 Å². The average molecular weight is 613 g/mol. The van der Waals surface area contributed by atoms with Crippen LogP contribution in [0.15, 0.2) is 54.7 Å². The van der Waals surface area contributed by atoms with E-state index in [0.717, 1.165) is 29.3 Å². The Kier molecular flexibility index (Phi) is 10.9. The van der Waals surface area contributed by atoms with Gasteiger partial charge in [0.25, 0.3) is 0 Å². The van der Waals surface area contributed by atoms with Crippen molar-refractivity contribution in [3.8, 4) is 5.69 Å². The normalized spacial score (nSPS) is 13.7. The molecule has 1 aromatic heterocycles. The minimum absolute atomic E-state index is 0.00442. The van der Waals surface area contributed by atoms with Gasteiger partial charge in [0.05, 0.1) is 11.7 Å². The molecule has 0 fully saturated rings. The number of hydrogen-bond acceptors (Lipinski definition) is 6. The molecule has 0 saturated heterocycles. The molecule has 0 aliphatic carbocycles. The molecule has 44 heavy (non-hydrogen) atoms. The number of aromatic nitrogens is 2. The van der Waals surface area contributed by atoms with Gasteiger partial charge >= 0.3 is 12.1 Å². The van der Waals surface area contributed by atoms with Crippen LogP contribution in [0.3, 0.4) is 0 Å². The summed E-state index contributed by atoms with van der Waals surface area (Å²) in [7, 11) is 0. The van der Waals surface area contributed by atoms with Crippen molar-refractivity contribution in [3.05, 3.63) is 83.2 Å². The van der Waals surface area contributed by atoms with Crippen molar-refractivity contribution >= 4 is 12.1 Å². The first-order valence-electron chi connectivity index (χ1n) is 14.9. The van der Waals surface area contributed by atoms with Gasteiger partial charge in [-0.25, -0.2) is 23.1 Å². The first kappa shape index (κ1) is 34.7. The summed E-state index contributed by atoms with van der Waals surface area (Å²) in [5, 5.41) is 11.0. The fourth-order valence-electron chi connectivity index (χ4n) is 4.66. The molecule has 0 radical (unpaired) electrons. The molecule has 1 amide bonds. The van der Waals surface area contributed by atoms with Gasteiger partial charge in [-0.2, -0.15) is 5.10 Å². The maximum absolute atomic E-state index is 14.8. The molecule has 0 aliphatic rings. The number of benzene rings is 2. The lowest BCUT2D eigenvalue weighted by Gasteiger charge is -2.32. The van der Waals surface area contributed by atoms with Gasteiger partial charge in [0.15, 0.2) is 0 Å². The van der Waals surface area contributed by atoms with Gasteiger partial charge in [-0.15, -0.1) is 0 Å². The predicted octanol–water partition coefficient (Wildman–Crippen LogP) is 7.04. The van der Waals surface area contributed by atoms with Crippen LogP contribution in [-0.4, -0.2) is 45.6 Å². The van der Waals surface area contributed by atoms with E-state index in [2.05, 4.69) is 10.6 Å². The summed E-state index contributed by atoms with van der Waals surface area (Å²) in [6.07, 6.45) is 1.73. The van der Waals surface area contributed by atoms with E-state index in [9.17, 15) is 18.4 Å². The highest BCUT2D eigenvalue weighted by Crippen LogP contribution is 2.35. The standard InChI is InChI=1S/C34H46F2N4O4/c1-32(2,3)29(37-18-17-26(30(41)43-33(4,5)6)38-31(42)44-34(7,8)9)28-23(19-22-13-11-10-12-14-22)21-40(39-28)27-20-24(35)15-16-25(27)36/h10-16,20-21,26,29,37H,17-19H2,1-9H3,(H,38,42). The molecule has 3 aromatic rings. The SMILES string of the molecule is CC(C)(C)OC(=O)NC(CCNC(c1nn(-c2cc(F)ccc2F)cc1Cc1ccccc1)C(C)(C)C)C(=O)OC(C)(C)C. The maximum atomic E-state index is 14.8. The van der Waals surface area contributed by atoms with E-state index in [4.69, 9.17) is 14.6 Å². The van der Waals surface area contributed by atoms with Gasteiger partial charge in [0.1, 0.15) is 34.6 Å². The number of amides is 1. The van der Waals surface area contributed by atoms with Crippen LogP contribution in [0.5, 0.6) is 0 Å². The molecule has 1 heterocycles. The third-order valence-electron chi connectivity index (χ3n) is 6.52. The number of nitrogens with zero attached hydrogens (tertiary/aromatic N) is 2. The van der Waals surface area contributed by atoms with E-state index in [-0.39, 0.29) is 23.6 Å². The van der Waals surface area contributed by atoms with Crippen LogP contribution in [0.25, 0.3) is 5.69 Å². The summed E-state index contributed by atoms with van der Waals surface area (Å²) in [5.41, 5.74) is 0.662. The fraction of sp³-hybridized carbons (Fsp3) is 0.500. The first-order chi connectivity index (χ1) is 20.3. The third kappa shape index (κ3) is 10.4.